The number of amides is 2. The molecule has 1 aromatic carbocycles. The lowest BCUT2D eigenvalue weighted by Gasteiger charge is -2.30. The number of hydrogen-bond acceptors (Lipinski definition) is 5. The Bertz CT molecular complexity index is 1110. The van der Waals surface area contributed by atoms with Crippen LogP contribution in [0.2, 0.25) is 0 Å². The SMILES string of the molecule is CCCc1cc(C(=O)N2Cc3cn(C)nc3C(C(=O)NCCc3ccc(F)cc3)C2)no1. The summed E-state index contributed by atoms with van der Waals surface area (Å²) in [6.45, 7) is 3.00. The van der Waals surface area contributed by atoms with E-state index in [1.807, 2.05) is 13.1 Å². The Morgan fingerprint density at radius 2 is 2.03 bits per heavy atom. The molecule has 0 saturated heterocycles. The van der Waals surface area contributed by atoms with Gasteiger partial charge in [0.15, 0.2) is 5.69 Å². The number of fused-ring (bicyclic) bond motifs is 1. The molecule has 0 aliphatic carbocycles. The van der Waals surface area contributed by atoms with E-state index < -0.39 is 5.92 Å². The standard InChI is InChI=1S/C23H26FN5O3/c1-3-4-18-11-20(27-32-18)23(31)29-13-16-12-28(2)26-21(16)19(14-29)22(30)25-10-9-15-5-7-17(24)8-6-15/h5-8,11-12,19H,3-4,9-10,13-14H2,1-2H3,(H,25,30). The molecule has 1 atom stereocenters. The second kappa shape index (κ2) is 9.33. The van der Waals surface area contributed by atoms with Crippen molar-refractivity contribution >= 4 is 11.8 Å². The van der Waals surface area contributed by atoms with E-state index in [1.54, 1.807) is 34.8 Å². The van der Waals surface area contributed by atoms with Gasteiger partial charge in [0.1, 0.15) is 11.6 Å². The zero-order valence-electron chi connectivity index (χ0n) is 18.2. The topological polar surface area (TPSA) is 93.3 Å². The number of nitrogens with one attached hydrogen (secondary N) is 1. The molecule has 2 aromatic heterocycles. The minimum atomic E-state index is -0.584. The second-order valence-electron chi connectivity index (χ2n) is 8.05. The average molecular weight is 439 g/mol. The van der Waals surface area contributed by atoms with E-state index in [2.05, 4.69) is 15.6 Å². The molecule has 1 unspecified atom stereocenters. The third kappa shape index (κ3) is 4.71. The van der Waals surface area contributed by atoms with Crippen molar-refractivity contribution in [2.24, 2.45) is 7.05 Å². The molecule has 8 nitrogen and oxygen atoms in total. The predicted molar refractivity (Wildman–Crippen MR) is 114 cm³/mol. The van der Waals surface area contributed by atoms with Gasteiger partial charge in [0.2, 0.25) is 5.91 Å². The minimum absolute atomic E-state index is 0.198. The lowest BCUT2D eigenvalue weighted by atomic mass is 9.95. The number of halogens is 1. The van der Waals surface area contributed by atoms with E-state index in [4.69, 9.17) is 4.52 Å². The predicted octanol–water partition coefficient (Wildman–Crippen LogP) is 2.60. The Morgan fingerprint density at radius 3 is 2.78 bits per heavy atom. The van der Waals surface area contributed by atoms with Gasteiger partial charge in [0.25, 0.3) is 5.91 Å². The zero-order chi connectivity index (χ0) is 22.7. The van der Waals surface area contributed by atoms with Gasteiger partial charge in [-0.05, 0) is 30.5 Å². The van der Waals surface area contributed by atoms with Crippen LogP contribution in [0, 0.1) is 5.82 Å². The number of benzene rings is 1. The van der Waals surface area contributed by atoms with Gasteiger partial charge in [0, 0.05) is 50.9 Å². The van der Waals surface area contributed by atoms with Crippen LogP contribution in [0.15, 0.2) is 41.1 Å². The highest BCUT2D eigenvalue weighted by molar-refractivity contribution is 5.93. The number of aromatic nitrogens is 3. The molecule has 1 N–H and O–H groups in total. The van der Waals surface area contributed by atoms with Crippen LogP contribution in [0.4, 0.5) is 4.39 Å². The smallest absolute Gasteiger partial charge is 0.276 e. The van der Waals surface area contributed by atoms with E-state index in [1.165, 1.54) is 12.1 Å². The summed E-state index contributed by atoms with van der Waals surface area (Å²) in [5.41, 5.74) is 2.70. The van der Waals surface area contributed by atoms with Gasteiger partial charge in [0.05, 0.1) is 11.6 Å². The zero-order valence-corrected chi connectivity index (χ0v) is 18.2. The normalized spacial score (nSPS) is 15.5. The van der Waals surface area contributed by atoms with Crippen molar-refractivity contribution in [1.29, 1.82) is 0 Å². The highest BCUT2D eigenvalue weighted by Crippen LogP contribution is 2.28. The average Bonchev–Trinajstić information content (AvgIpc) is 3.39. The summed E-state index contributed by atoms with van der Waals surface area (Å²) in [4.78, 5) is 27.7. The monoisotopic (exact) mass is 439 g/mol. The van der Waals surface area contributed by atoms with Gasteiger partial charge in [-0.3, -0.25) is 14.3 Å². The first-order chi connectivity index (χ1) is 15.4. The number of rotatable bonds is 7. The summed E-state index contributed by atoms with van der Waals surface area (Å²) in [6, 6.07) is 7.87. The van der Waals surface area contributed by atoms with Gasteiger partial charge in [-0.15, -0.1) is 0 Å². The van der Waals surface area contributed by atoms with E-state index in [0.717, 1.165) is 17.5 Å². The van der Waals surface area contributed by atoms with Crippen LogP contribution in [0.1, 0.15) is 52.3 Å². The van der Waals surface area contributed by atoms with Gasteiger partial charge < -0.3 is 14.7 Å². The number of carbonyl (C=O) groups is 2. The quantitative estimate of drug-likeness (QED) is 0.611. The van der Waals surface area contributed by atoms with Crippen molar-refractivity contribution in [3.8, 4) is 0 Å². The molecule has 168 valence electrons. The highest BCUT2D eigenvalue weighted by atomic mass is 19.1. The Morgan fingerprint density at radius 1 is 1.25 bits per heavy atom. The fraction of sp³-hybridized carbons (Fsp3) is 0.391. The Balaban J connectivity index is 1.45. The van der Waals surface area contributed by atoms with E-state index in [9.17, 15) is 14.0 Å². The van der Waals surface area contributed by atoms with Gasteiger partial charge in [-0.1, -0.05) is 24.2 Å². The van der Waals surface area contributed by atoms with Crippen LogP contribution in [0.3, 0.4) is 0 Å². The van der Waals surface area contributed by atoms with Crippen molar-refractivity contribution in [2.75, 3.05) is 13.1 Å². The molecule has 0 bridgehead atoms. The first-order valence-corrected chi connectivity index (χ1v) is 10.7. The van der Waals surface area contributed by atoms with Crippen molar-refractivity contribution in [3.05, 3.63) is 70.6 Å². The lowest BCUT2D eigenvalue weighted by molar-refractivity contribution is -0.123. The van der Waals surface area contributed by atoms with Crippen molar-refractivity contribution < 1.29 is 18.5 Å². The van der Waals surface area contributed by atoms with Crippen LogP contribution < -0.4 is 5.32 Å². The van der Waals surface area contributed by atoms with E-state index >= 15 is 0 Å². The number of aryl methyl sites for hydroxylation is 2. The van der Waals surface area contributed by atoms with Crippen molar-refractivity contribution in [3.63, 3.8) is 0 Å². The molecular formula is C23H26FN5O3. The molecule has 3 heterocycles. The largest absolute Gasteiger partial charge is 0.361 e. The highest BCUT2D eigenvalue weighted by Gasteiger charge is 2.36. The Kier molecular flexibility index (Phi) is 6.34. The van der Waals surface area contributed by atoms with Crippen molar-refractivity contribution in [1.82, 2.24) is 25.2 Å². The van der Waals surface area contributed by atoms with Crippen LogP contribution in [-0.4, -0.2) is 44.7 Å². The van der Waals surface area contributed by atoms with Crippen molar-refractivity contribution in [2.45, 2.75) is 38.6 Å². The molecule has 0 fully saturated rings. The number of carbonyl (C=O) groups excluding carboxylic acids is 2. The fourth-order valence-electron chi connectivity index (χ4n) is 3.95. The van der Waals surface area contributed by atoms with Crippen LogP contribution in [0.5, 0.6) is 0 Å². The molecule has 1 aliphatic heterocycles. The molecule has 32 heavy (non-hydrogen) atoms. The first kappa shape index (κ1) is 21.7. The lowest BCUT2D eigenvalue weighted by Crippen LogP contribution is -2.44. The van der Waals surface area contributed by atoms with Crippen LogP contribution in [0.25, 0.3) is 0 Å². The number of nitrogens with zero attached hydrogens (tertiary/aromatic N) is 4. The summed E-state index contributed by atoms with van der Waals surface area (Å²) in [7, 11) is 1.79. The molecule has 0 spiro atoms. The summed E-state index contributed by atoms with van der Waals surface area (Å²) in [5, 5.41) is 11.3. The Labute approximate surface area is 185 Å². The molecule has 9 heteroatoms. The molecule has 2 amide bonds. The summed E-state index contributed by atoms with van der Waals surface area (Å²) in [5.74, 6) is -0.670. The van der Waals surface area contributed by atoms with Gasteiger partial charge >= 0.3 is 0 Å². The number of hydrogen-bond donors (Lipinski definition) is 1. The molecule has 0 saturated carbocycles. The third-order valence-corrected chi connectivity index (χ3v) is 5.54. The van der Waals surface area contributed by atoms with E-state index in [-0.39, 0.29) is 29.9 Å². The fourth-order valence-corrected chi connectivity index (χ4v) is 3.95. The van der Waals surface area contributed by atoms with E-state index in [0.29, 0.717) is 37.4 Å². The second-order valence-corrected chi connectivity index (χ2v) is 8.05. The Hall–Kier alpha value is -3.49. The summed E-state index contributed by atoms with van der Waals surface area (Å²) < 4.78 is 20.0. The molecule has 1 aliphatic rings. The molecular weight excluding hydrogens is 413 g/mol. The minimum Gasteiger partial charge on any atom is -0.361 e. The van der Waals surface area contributed by atoms with Crippen LogP contribution >= 0.6 is 0 Å². The van der Waals surface area contributed by atoms with Gasteiger partial charge in [-0.25, -0.2) is 4.39 Å². The first-order valence-electron chi connectivity index (χ1n) is 10.7. The summed E-state index contributed by atoms with van der Waals surface area (Å²) >= 11 is 0. The summed E-state index contributed by atoms with van der Waals surface area (Å²) in [6.07, 6.45) is 4.02. The maximum atomic E-state index is 13.1. The third-order valence-electron chi connectivity index (χ3n) is 5.54. The maximum absolute atomic E-state index is 13.1. The van der Waals surface area contributed by atoms with Gasteiger partial charge in [-0.2, -0.15) is 5.10 Å². The molecule has 3 aromatic rings. The molecule has 0 radical (unpaired) electrons. The van der Waals surface area contributed by atoms with Crippen LogP contribution in [-0.2, 0) is 31.2 Å². The molecule has 4 rings (SSSR count). The maximum Gasteiger partial charge on any atom is 0.276 e.